The van der Waals surface area contributed by atoms with Crippen molar-refractivity contribution in [3.05, 3.63) is 59.8 Å². The van der Waals surface area contributed by atoms with Gasteiger partial charge >= 0.3 is 0 Å². The first-order valence-electron chi connectivity index (χ1n) is 14.3. The van der Waals surface area contributed by atoms with Crippen LogP contribution < -0.4 is 19.9 Å². The van der Waals surface area contributed by atoms with E-state index >= 15 is 0 Å². The number of amidine groups is 1. The molecule has 2 heterocycles. The number of rotatable bonds is 9. The van der Waals surface area contributed by atoms with Crippen molar-refractivity contribution in [2.45, 2.75) is 57.2 Å². The Bertz CT molecular complexity index is 1230. The molecule has 1 aliphatic carbocycles. The lowest BCUT2D eigenvalue weighted by Crippen LogP contribution is -2.40. The zero-order valence-electron chi connectivity index (χ0n) is 23.3. The van der Waals surface area contributed by atoms with Crippen LogP contribution in [0, 0.1) is 0 Å². The number of thioether (sulfide) groups is 1. The Morgan fingerprint density at radius 2 is 1.75 bits per heavy atom. The Balaban J connectivity index is 1.39. The summed E-state index contributed by atoms with van der Waals surface area (Å²) in [5.41, 5.74) is 3.07. The number of carbonyl (C=O) groups excluding carboxylic acids is 2. The van der Waals surface area contributed by atoms with Gasteiger partial charge in [0.05, 0.1) is 30.8 Å². The summed E-state index contributed by atoms with van der Waals surface area (Å²) in [6.45, 7) is 7.70. The van der Waals surface area contributed by atoms with Crippen molar-refractivity contribution < 1.29 is 19.1 Å². The van der Waals surface area contributed by atoms with Gasteiger partial charge < -0.3 is 19.7 Å². The number of carbonyl (C=O) groups is 2. The number of morpholine rings is 1. The van der Waals surface area contributed by atoms with E-state index < -0.39 is 0 Å². The predicted molar refractivity (Wildman–Crippen MR) is 162 cm³/mol. The smallest absolute Gasteiger partial charge is 0.283 e. The van der Waals surface area contributed by atoms with Crippen LogP contribution in [0.1, 0.15) is 51.5 Å². The molecular weight excluding hydrogens is 524 g/mol. The van der Waals surface area contributed by atoms with Gasteiger partial charge in [0.15, 0.2) is 5.17 Å². The molecule has 212 valence electrons. The third-order valence-corrected chi connectivity index (χ3v) is 8.74. The van der Waals surface area contributed by atoms with E-state index in [0.717, 1.165) is 69.0 Å². The van der Waals surface area contributed by atoms with Crippen LogP contribution in [0.5, 0.6) is 5.75 Å². The van der Waals surface area contributed by atoms with Crippen molar-refractivity contribution in [2.75, 3.05) is 42.7 Å². The van der Waals surface area contributed by atoms with Gasteiger partial charge in [-0.1, -0.05) is 43.7 Å². The average Bonchev–Trinajstić information content (AvgIpc) is 3.60. The molecule has 1 atom stereocenters. The van der Waals surface area contributed by atoms with Gasteiger partial charge in [0.2, 0.25) is 5.91 Å². The molecule has 0 spiro atoms. The summed E-state index contributed by atoms with van der Waals surface area (Å²) < 4.78 is 11.1. The molecule has 2 aromatic carbocycles. The van der Waals surface area contributed by atoms with Crippen LogP contribution in [0.4, 0.5) is 11.4 Å². The molecule has 40 heavy (non-hydrogen) atoms. The van der Waals surface area contributed by atoms with E-state index in [-0.39, 0.29) is 23.1 Å². The number of hydrogen-bond acceptors (Lipinski definition) is 7. The van der Waals surface area contributed by atoms with Crippen molar-refractivity contribution in [2.24, 2.45) is 4.99 Å². The minimum Gasteiger partial charge on any atom is -0.494 e. The fraction of sp³-hybridized carbons (Fsp3) is 0.452. The summed E-state index contributed by atoms with van der Waals surface area (Å²) in [7, 11) is 0. The molecule has 2 aliphatic heterocycles. The highest BCUT2D eigenvalue weighted by atomic mass is 32.2. The first kappa shape index (κ1) is 28.2. The summed E-state index contributed by atoms with van der Waals surface area (Å²) in [5, 5.41) is 3.38. The Hall–Kier alpha value is -3.30. The van der Waals surface area contributed by atoms with Crippen molar-refractivity contribution in [1.29, 1.82) is 0 Å². The standard InChI is InChI=1S/C31H38N4O4S/c1-3-28(29(36)32-23-7-5-6-8-23)40-31-33-27(30(37)35(31)25-13-15-26(16-14-25)39-4-2)21-22-9-11-24(12-10-22)34-17-19-38-20-18-34/h9-16,21,23,28H,3-8,17-20H2,1-2H3,(H,32,36)/b27-21+/t28-/m1/s1. The molecule has 8 nitrogen and oxygen atoms in total. The Labute approximate surface area is 240 Å². The molecule has 2 fully saturated rings. The van der Waals surface area contributed by atoms with Crippen molar-refractivity contribution in [3.8, 4) is 5.75 Å². The van der Waals surface area contributed by atoms with E-state index in [2.05, 4.69) is 22.3 Å². The zero-order chi connectivity index (χ0) is 27.9. The van der Waals surface area contributed by atoms with Crippen LogP contribution in [0.15, 0.2) is 59.2 Å². The van der Waals surface area contributed by atoms with Crippen molar-refractivity contribution in [1.82, 2.24) is 5.32 Å². The molecule has 5 rings (SSSR count). The van der Waals surface area contributed by atoms with Crippen LogP contribution in [-0.2, 0) is 14.3 Å². The summed E-state index contributed by atoms with van der Waals surface area (Å²) in [6.07, 6.45) is 6.83. The number of anilines is 2. The fourth-order valence-electron chi connectivity index (χ4n) is 5.24. The van der Waals surface area contributed by atoms with Crippen LogP contribution in [0.25, 0.3) is 6.08 Å². The predicted octanol–water partition coefficient (Wildman–Crippen LogP) is 5.24. The van der Waals surface area contributed by atoms with Crippen LogP contribution in [-0.4, -0.2) is 61.2 Å². The van der Waals surface area contributed by atoms with Gasteiger partial charge in [-0.3, -0.25) is 14.5 Å². The maximum absolute atomic E-state index is 13.7. The van der Waals surface area contributed by atoms with E-state index in [1.807, 2.05) is 56.3 Å². The number of benzene rings is 2. The molecule has 1 saturated carbocycles. The second-order valence-corrected chi connectivity index (χ2v) is 11.4. The van der Waals surface area contributed by atoms with Crippen LogP contribution in [0.3, 0.4) is 0 Å². The van der Waals surface area contributed by atoms with E-state index in [9.17, 15) is 9.59 Å². The maximum atomic E-state index is 13.7. The number of ether oxygens (including phenoxy) is 2. The number of nitrogens with one attached hydrogen (secondary N) is 1. The maximum Gasteiger partial charge on any atom is 0.283 e. The van der Waals surface area contributed by atoms with Crippen molar-refractivity contribution >= 4 is 46.2 Å². The largest absolute Gasteiger partial charge is 0.494 e. The molecule has 3 aliphatic rings. The molecular formula is C31H38N4O4S. The summed E-state index contributed by atoms with van der Waals surface area (Å²) in [6, 6.07) is 15.8. The molecule has 0 unspecified atom stereocenters. The number of nitrogens with zero attached hydrogens (tertiary/aromatic N) is 3. The third kappa shape index (κ3) is 6.70. The van der Waals surface area contributed by atoms with Gasteiger partial charge in [-0.2, -0.15) is 0 Å². The van der Waals surface area contributed by atoms with E-state index in [4.69, 9.17) is 14.5 Å². The van der Waals surface area contributed by atoms with Gasteiger partial charge in [-0.05, 0) is 74.2 Å². The summed E-state index contributed by atoms with van der Waals surface area (Å²) >= 11 is 1.35. The first-order valence-corrected chi connectivity index (χ1v) is 15.2. The Morgan fingerprint density at radius 1 is 1.07 bits per heavy atom. The lowest BCUT2D eigenvalue weighted by molar-refractivity contribution is -0.121. The second-order valence-electron chi connectivity index (χ2n) is 10.2. The van der Waals surface area contributed by atoms with E-state index in [1.165, 1.54) is 11.8 Å². The monoisotopic (exact) mass is 562 g/mol. The molecule has 9 heteroatoms. The van der Waals surface area contributed by atoms with E-state index in [1.54, 1.807) is 4.90 Å². The first-order chi connectivity index (χ1) is 19.6. The van der Waals surface area contributed by atoms with Gasteiger partial charge in [0.1, 0.15) is 11.4 Å². The highest BCUT2D eigenvalue weighted by Crippen LogP contribution is 2.33. The average molecular weight is 563 g/mol. The third-order valence-electron chi connectivity index (χ3n) is 7.42. The molecule has 2 aromatic rings. The lowest BCUT2D eigenvalue weighted by Gasteiger charge is -2.28. The number of amides is 2. The topological polar surface area (TPSA) is 83.5 Å². The SMILES string of the molecule is CCOc1ccc(N2C(=O)/C(=C\c3ccc(N4CCOCC4)cc3)N=C2S[C@H](CC)C(=O)NC2CCCC2)cc1. The zero-order valence-corrected chi connectivity index (χ0v) is 24.1. The van der Waals surface area contributed by atoms with Gasteiger partial charge in [-0.15, -0.1) is 0 Å². The van der Waals surface area contributed by atoms with Gasteiger partial charge in [0.25, 0.3) is 5.91 Å². The Morgan fingerprint density at radius 3 is 2.40 bits per heavy atom. The number of hydrogen-bond donors (Lipinski definition) is 1. The van der Waals surface area contributed by atoms with Crippen LogP contribution >= 0.6 is 11.8 Å². The fourth-order valence-corrected chi connectivity index (χ4v) is 6.28. The molecule has 0 radical (unpaired) electrons. The quantitative estimate of drug-likeness (QED) is 0.421. The summed E-state index contributed by atoms with van der Waals surface area (Å²) in [5.74, 6) is 0.537. The van der Waals surface area contributed by atoms with Crippen LogP contribution in [0.2, 0.25) is 0 Å². The molecule has 2 amide bonds. The van der Waals surface area contributed by atoms with Crippen molar-refractivity contribution in [3.63, 3.8) is 0 Å². The highest BCUT2D eigenvalue weighted by molar-refractivity contribution is 8.15. The van der Waals surface area contributed by atoms with Gasteiger partial charge in [-0.25, -0.2) is 4.99 Å². The Kier molecular flexibility index (Phi) is 9.44. The lowest BCUT2D eigenvalue weighted by atomic mass is 10.1. The summed E-state index contributed by atoms with van der Waals surface area (Å²) in [4.78, 5) is 35.6. The normalized spacial score (nSPS) is 19.7. The second kappa shape index (κ2) is 13.4. The molecule has 0 aromatic heterocycles. The highest BCUT2D eigenvalue weighted by Gasteiger charge is 2.35. The molecule has 0 bridgehead atoms. The number of aliphatic imine (C=N–C) groups is 1. The minimum atomic E-state index is -0.343. The van der Waals surface area contributed by atoms with E-state index in [0.29, 0.717) is 29.6 Å². The minimum absolute atomic E-state index is 0.0114. The molecule has 1 saturated heterocycles. The van der Waals surface area contributed by atoms with Gasteiger partial charge in [0, 0.05) is 24.8 Å². The molecule has 1 N–H and O–H groups in total.